The zero-order valence-electron chi connectivity index (χ0n) is 9.64. The monoisotopic (exact) mass is 241 g/mol. The van der Waals surface area contributed by atoms with E-state index in [1.165, 1.54) is 18.2 Å². The van der Waals surface area contributed by atoms with Crippen molar-refractivity contribution in [3.63, 3.8) is 0 Å². The molecule has 0 aliphatic rings. The molecule has 0 amide bonds. The van der Waals surface area contributed by atoms with Crippen LogP contribution in [-0.4, -0.2) is 5.78 Å². The van der Waals surface area contributed by atoms with Crippen molar-refractivity contribution in [2.75, 3.05) is 5.73 Å². The van der Waals surface area contributed by atoms with Gasteiger partial charge in [0.1, 0.15) is 5.82 Å². The lowest BCUT2D eigenvalue weighted by Gasteiger charge is -1.98. The molecule has 0 aromatic heterocycles. The van der Waals surface area contributed by atoms with Crippen molar-refractivity contribution in [1.29, 1.82) is 0 Å². The topological polar surface area (TPSA) is 43.1 Å². The summed E-state index contributed by atoms with van der Waals surface area (Å²) < 4.78 is 13.3. The summed E-state index contributed by atoms with van der Waals surface area (Å²) in [7, 11) is 0. The molecule has 2 rings (SSSR count). The molecular formula is C15H12FNO. The lowest BCUT2D eigenvalue weighted by molar-refractivity contribution is 0.104. The molecule has 2 nitrogen and oxygen atoms in total. The van der Waals surface area contributed by atoms with Gasteiger partial charge in [-0.25, -0.2) is 4.39 Å². The van der Waals surface area contributed by atoms with Gasteiger partial charge in [0.05, 0.1) is 0 Å². The highest BCUT2D eigenvalue weighted by Crippen LogP contribution is 2.11. The number of allylic oxidation sites excluding steroid dienone is 1. The quantitative estimate of drug-likeness (QED) is 0.509. The molecule has 0 saturated carbocycles. The summed E-state index contributed by atoms with van der Waals surface area (Å²) in [5.74, 6) is -0.556. The molecule has 0 heterocycles. The summed E-state index contributed by atoms with van der Waals surface area (Å²) in [4.78, 5) is 11.8. The zero-order chi connectivity index (χ0) is 13.0. The van der Waals surface area contributed by atoms with Gasteiger partial charge >= 0.3 is 0 Å². The van der Waals surface area contributed by atoms with Crippen LogP contribution in [0.25, 0.3) is 6.08 Å². The predicted octanol–water partition coefficient (Wildman–Crippen LogP) is 3.30. The van der Waals surface area contributed by atoms with Gasteiger partial charge in [-0.2, -0.15) is 0 Å². The maximum Gasteiger partial charge on any atom is 0.185 e. The number of hydrogen-bond donors (Lipinski definition) is 1. The van der Waals surface area contributed by atoms with Gasteiger partial charge in [0.15, 0.2) is 5.78 Å². The third kappa shape index (κ3) is 2.83. The first-order chi connectivity index (χ1) is 8.66. The average Bonchev–Trinajstić information content (AvgIpc) is 2.37. The van der Waals surface area contributed by atoms with E-state index in [0.717, 1.165) is 0 Å². The third-order valence-corrected chi connectivity index (χ3v) is 2.49. The van der Waals surface area contributed by atoms with E-state index < -0.39 is 0 Å². The van der Waals surface area contributed by atoms with E-state index in [9.17, 15) is 9.18 Å². The van der Waals surface area contributed by atoms with Crippen LogP contribution >= 0.6 is 0 Å². The third-order valence-electron chi connectivity index (χ3n) is 2.49. The van der Waals surface area contributed by atoms with Crippen LogP contribution in [0.3, 0.4) is 0 Å². The number of hydrogen-bond acceptors (Lipinski definition) is 2. The average molecular weight is 241 g/mol. The summed E-state index contributed by atoms with van der Waals surface area (Å²) in [6.07, 6.45) is 2.80. The van der Waals surface area contributed by atoms with E-state index in [1.807, 2.05) is 0 Å². The van der Waals surface area contributed by atoms with Crippen LogP contribution in [0.5, 0.6) is 0 Å². The maximum absolute atomic E-state index is 13.3. The Bertz CT molecular complexity index is 605. The molecule has 2 aromatic rings. The number of nitrogen functional groups attached to an aromatic ring is 1. The van der Waals surface area contributed by atoms with E-state index in [2.05, 4.69) is 0 Å². The zero-order valence-corrected chi connectivity index (χ0v) is 9.64. The van der Waals surface area contributed by atoms with Crippen molar-refractivity contribution in [1.82, 2.24) is 0 Å². The molecule has 0 aliphatic heterocycles. The van der Waals surface area contributed by atoms with E-state index in [4.69, 9.17) is 5.73 Å². The van der Waals surface area contributed by atoms with Gasteiger partial charge in [0.25, 0.3) is 0 Å². The highest BCUT2D eigenvalue weighted by Gasteiger charge is 2.02. The predicted molar refractivity (Wildman–Crippen MR) is 70.6 cm³/mol. The van der Waals surface area contributed by atoms with Crippen LogP contribution in [0.15, 0.2) is 54.6 Å². The highest BCUT2D eigenvalue weighted by molar-refractivity contribution is 6.07. The molecule has 0 aliphatic carbocycles. The van der Waals surface area contributed by atoms with Crippen molar-refractivity contribution in [3.8, 4) is 0 Å². The molecular weight excluding hydrogens is 229 g/mol. The minimum Gasteiger partial charge on any atom is -0.399 e. The van der Waals surface area contributed by atoms with Crippen LogP contribution in [-0.2, 0) is 0 Å². The van der Waals surface area contributed by atoms with Gasteiger partial charge in [-0.3, -0.25) is 4.79 Å². The number of rotatable bonds is 3. The lowest BCUT2D eigenvalue weighted by atomic mass is 10.1. The van der Waals surface area contributed by atoms with E-state index in [0.29, 0.717) is 16.8 Å². The Morgan fingerprint density at radius 1 is 1.11 bits per heavy atom. The molecule has 90 valence electrons. The fourth-order valence-corrected chi connectivity index (χ4v) is 1.56. The van der Waals surface area contributed by atoms with Gasteiger partial charge < -0.3 is 5.73 Å². The molecule has 2 N–H and O–H groups in total. The summed E-state index contributed by atoms with van der Waals surface area (Å²) in [6, 6.07) is 13.0. The number of nitrogens with two attached hydrogens (primary N) is 1. The molecule has 0 unspecified atom stereocenters. The largest absolute Gasteiger partial charge is 0.399 e. The Labute approximate surface area is 105 Å². The van der Waals surface area contributed by atoms with Gasteiger partial charge in [-0.05, 0) is 30.4 Å². The second-order valence-corrected chi connectivity index (χ2v) is 3.84. The number of carbonyl (C=O) groups is 1. The molecule has 3 heteroatoms. The van der Waals surface area contributed by atoms with Gasteiger partial charge in [0.2, 0.25) is 0 Å². The second kappa shape index (κ2) is 5.27. The van der Waals surface area contributed by atoms with Crippen molar-refractivity contribution in [2.24, 2.45) is 0 Å². The normalized spacial score (nSPS) is 10.7. The van der Waals surface area contributed by atoms with Crippen molar-refractivity contribution >= 4 is 17.5 Å². The number of anilines is 1. The van der Waals surface area contributed by atoms with Gasteiger partial charge in [0, 0.05) is 16.8 Å². The lowest BCUT2D eigenvalue weighted by Crippen LogP contribution is -1.95. The highest BCUT2D eigenvalue weighted by atomic mass is 19.1. The molecule has 18 heavy (non-hydrogen) atoms. The molecule has 2 aromatic carbocycles. The summed E-state index contributed by atoms with van der Waals surface area (Å²) in [6.45, 7) is 0. The Balaban J connectivity index is 2.20. The van der Waals surface area contributed by atoms with Gasteiger partial charge in [-0.1, -0.05) is 30.3 Å². The van der Waals surface area contributed by atoms with E-state index >= 15 is 0 Å². The van der Waals surface area contributed by atoms with Gasteiger partial charge in [-0.15, -0.1) is 0 Å². The van der Waals surface area contributed by atoms with E-state index in [1.54, 1.807) is 42.5 Å². The minimum atomic E-state index is -0.353. The fourth-order valence-electron chi connectivity index (χ4n) is 1.56. The second-order valence-electron chi connectivity index (χ2n) is 3.84. The Morgan fingerprint density at radius 2 is 1.89 bits per heavy atom. The van der Waals surface area contributed by atoms with Crippen LogP contribution in [0.4, 0.5) is 10.1 Å². The first kappa shape index (κ1) is 12.0. The van der Waals surface area contributed by atoms with E-state index in [-0.39, 0.29) is 11.6 Å². The SMILES string of the molecule is Nc1cccc(C(=O)/C=C/c2ccccc2F)c1. The maximum atomic E-state index is 13.3. The molecule has 0 saturated heterocycles. The molecule has 0 radical (unpaired) electrons. The summed E-state index contributed by atoms with van der Waals surface area (Å²) >= 11 is 0. The number of halogens is 1. The van der Waals surface area contributed by atoms with Crippen molar-refractivity contribution in [2.45, 2.75) is 0 Å². The smallest absolute Gasteiger partial charge is 0.185 e. The first-order valence-corrected chi connectivity index (χ1v) is 5.49. The Kier molecular flexibility index (Phi) is 3.53. The van der Waals surface area contributed by atoms with Crippen LogP contribution in [0.2, 0.25) is 0 Å². The van der Waals surface area contributed by atoms with Crippen molar-refractivity contribution < 1.29 is 9.18 Å². The molecule has 0 spiro atoms. The van der Waals surface area contributed by atoms with Crippen molar-refractivity contribution in [3.05, 3.63) is 71.6 Å². The standard InChI is InChI=1S/C15H12FNO/c16-14-7-2-1-4-11(14)8-9-15(18)12-5-3-6-13(17)10-12/h1-10H,17H2/b9-8+. The van der Waals surface area contributed by atoms with Crippen LogP contribution in [0, 0.1) is 5.82 Å². The minimum absolute atomic E-state index is 0.203. The molecule has 0 atom stereocenters. The number of benzene rings is 2. The number of carbonyl (C=O) groups excluding carboxylic acids is 1. The molecule has 0 fully saturated rings. The fraction of sp³-hybridized carbons (Fsp3) is 0. The summed E-state index contributed by atoms with van der Waals surface area (Å²) in [5, 5.41) is 0. The Morgan fingerprint density at radius 3 is 2.61 bits per heavy atom. The van der Waals surface area contributed by atoms with Crippen LogP contribution in [0.1, 0.15) is 15.9 Å². The summed E-state index contributed by atoms with van der Waals surface area (Å²) in [5.41, 5.74) is 6.99. The first-order valence-electron chi connectivity index (χ1n) is 5.49. The number of ketones is 1. The Hall–Kier alpha value is -2.42. The molecule has 0 bridgehead atoms. The van der Waals surface area contributed by atoms with Crippen LogP contribution < -0.4 is 5.73 Å².